The molecule has 140 valence electrons. The fraction of sp³-hybridized carbons (Fsp3) is 0.611. The number of rotatable bonds is 4. The lowest BCUT2D eigenvalue weighted by Gasteiger charge is -2.32. The number of fused-ring (bicyclic) bond motifs is 3. The number of hydrogen-bond donors (Lipinski definition) is 1. The second-order valence-corrected chi connectivity index (χ2v) is 9.15. The van der Waals surface area contributed by atoms with Crippen molar-refractivity contribution in [1.29, 1.82) is 0 Å². The van der Waals surface area contributed by atoms with Crippen LogP contribution < -0.4 is 5.56 Å². The van der Waals surface area contributed by atoms with Crippen LogP contribution in [-0.4, -0.2) is 64.7 Å². The highest BCUT2D eigenvalue weighted by molar-refractivity contribution is 7.99. The molecule has 3 heterocycles. The van der Waals surface area contributed by atoms with Gasteiger partial charge in [0.05, 0.1) is 16.9 Å². The number of nitrogens with zero attached hydrogens (tertiary/aromatic N) is 3. The third-order valence-electron chi connectivity index (χ3n) is 5.19. The highest BCUT2D eigenvalue weighted by Crippen LogP contribution is 2.33. The van der Waals surface area contributed by atoms with E-state index in [0.29, 0.717) is 17.3 Å². The Balaban J connectivity index is 1.40. The number of thioether (sulfide) groups is 1. The Morgan fingerprint density at radius 2 is 2.00 bits per heavy atom. The lowest BCUT2D eigenvalue weighted by atomic mass is 9.97. The van der Waals surface area contributed by atoms with Crippen LogP contribution in [-0.2, 0) is 23.4 Å². The highest BCUT2D eigenvalue weighted by Gasteiger charge is 2.21. The maximum Gasteiger partial charge on any atom is 0.259 e. The first-order valence-corrected chi connectivity index (χ1v) is 11.2. The summed E-state index contributed by atoms with van der Waals surface area (Å²) in [6.45, 7) is 3.48. The Hall–Kier alpha value is -1.38. The largest absolute Gasteiger partial charge is 0.339 e. The molecular weight excluding hydrogens is 368 g/mol. The zero-order valence-corrected chi connectivity index (χ0v) is 16.7. The van der Waals surface area contributed by atoms with Crippen LogP contribution in [0.3, 0.4) is 0 Å². The van der Waals surface area contributed by atoms with Gasteiger partial charge in [0.2, 0.25) is 5.91 Å². The number of nitrogens with one attached hydrogen (secondary N) is 1. The standard InChI is InChI=1S/C18H24N4O2S2/c1-21-6-8-22(9-7-21)15(23)11-25-10-14-19-17(24)16-12-4-2-3-5-13(12)26-18(16)20-14/h2-11H2,1H3,(H,19,20,24). The van der Waals surface area contributed by atoms with E-state index < -0.39 is 0 Å². The van der Waals surface area contributed by atoms with Gasteiger partial charge < -0.3 is 14.8 Å². The van der Waals surface area contributed by atoms with E-state index in [1.807, 2.05) is 4.90 Å². The van der Waals surface area contributed by atoms with E-state index >= 15 is 0 Å². The van der Waals surface area contributed by atoms with Gasteiger partial charge in [-0.15, -0.1) is 23.1 Å². The predicted molar refractivity (Wildman–Crippen MR) is 107 cm³/mol. The molecule has 0 atom stereocenters. The molecule has 0 aromatic carbocycles. The Kier molecular flexibility index (Phi) is 5.33. The van der Waals surface area contributed by atoms with Crippen LogP contribution >= 0.6 is 23.1 Å². The lowest BCUT2D eigenvalue weighted by Crippen LogP contribution is -2.47. The van der Waals surface area contributed by atoms with Crippen LogP contribution in [0.25, 0.3) is 10.2 Å². The minimum absolute atomic E-state index is 0.0182. The second kappa shape index (κ2) is 7.70. The fourth-order valence-corrected chi connectivity index (χ4v) is 5.73. The van der Waals surface area contributed by atoms with Crippen molar-refractivity contribution in [2.75, 3.05) is 39.0 Å². The number of aromatic amines is 1. The van der Waals surface area contributed by atoms with Crippen molar-refractivity contribution in [3.8, 4) is 0 Å². The third kappa shape index (κ3) is 3.68. The molecule has 6 nitrogen and oxygen atoms in total. The lowest BCUT2D eigenvalue weighted by molar-refractivity contribution is -0.129. The van der Waals surface area contributed by atoms with Gasteiger partial charge in [-0.1, -0.05) is 0 Å². The summed E-state index contributed by atoms with van der Waals surface area (Å²) in [5.74, 6) is 1.86. The number of aromatic nitrogens is 2. The van der Waals surface area contributed by atoms with E-state index in [4.69, 9.17) is 0 Å². The van der Waals surface area contributed by atoms with Gasteiger partial charge in [-0.25, -0.2) is 4.98 Å². The van der Waals surface area contributed by atoms with Gasteiger partial charge in [0, 0.05) is 31.1 Å². The maximum absolute atomic E-state index is 12.5. The van der Waals surface area contributed by atoms with E-state index in [9.17, 15) is 9.59 Å². The molecule has 1 aliphatic heterocycles. The maximum atomic E-state index is 12.5. The van der Waals surface area contributed by atoms with E-state index in [2.05, 4.69) is 21.9 Å². The van der Waals surface area contributed by atoms with Crippen LogP contribution in [0.1, 0.15) is 29.1 Å². The highest BCUT2D eigenvalue weighted by atomic mass is 32.2. The van der Waals surface area contributed by atoms with Crippen LogP contribution in [0.4, 0.5) is 0 Å². The number of amides is 1. The molecule has 1 N–H and O–H groups in total. The smallest absolute Gasteiger partial charge is 0.259 e. The molecule has 0 bridgehead atoms. The van der Waals surface area contributed by atoms with Gasteiger partial charge in [-0.3, -0.25) is 9.59 Å². The number of hydrogen-bond acceptors (Lipinski definition) is 6. The summed E-state index contributed by atoms with van der Waals surface area (Å²) in [5.41, 5.74) is 1.20. The summed E-state index contributed by atoms with van der Waals surface area (Å²) < 4.78 is 0. The van der Waals surface area contributed by atoms with Crippen molar-refractivity contribution in [1.82, 2.24) is 19.8 Å². The van der Waals surface area contributed by atoms with Gasteiger partial charge in [0.15, 0.2) is 0 Å². The molecule has 2 aromatic heterocycles. The number of H-pyrrole nitrogens is 1. The summed E-state index contributed by atoms with van der Waals surface area (Å²) in [5, 5.41) is 0.798. The SMILES string of the molecule is CN1CCN(C(=O)CSCc2nc3sc4c(c3c(=O)[nH]2)CCCC4)CC1. The monoisotopic (exact) mass is 392 g/mol. The first-order chi connectivity index (χ1) is 12.6. The minimum Gasteiger partial charge on any atom is -0.339 e. The number of likely N-dealkylation sites (N-methyl/N-ethyl adjacent to an activating group) is 1. The van der Waals surface area contributed by atoms with Crippen molar-refractivity contribution < 1.29 is 4.79 Å². The molecule has 1 saturated heterocycles. The fourth-order valence-electron chi connectivity index (χ4n) is 3.66. The summed E-state index contributed by atoms with van der Waals surface area (Å²) in [6.07, 6.45) is 4.42. The van der Waals surface area contributed by atoms with Crippen LogP contribution in [0.2, 0.25) is 0 Å². The molecule has 0 unspecified atom stereocenters. The van der Waals surface area contributed by atoms with E-state index in [0.717, 1.165) is 55.7 Å². The number of piperazine rings is 1. The van der Waals surface area contributed by atoms with Crippen molar-refractivity contribution >= 4 is 39.2 Å². The average Bonchev–Trinajstić information content (AvgIpc) is 3.01. The first-order valence-electron chi connectivity index (χ1n) is 9.19. The van der Waals surface area contributed by atoms with Gasteiger partial charge >= 0.3 is 0 Å². The molecule has 0 saturated carbocycles. The van der Waals surface area contributed by atoms with E-state index in [1.165, 1.54) is 28.6 Å². The van der Waals surface area contributed by atoms with Crippen molar-refractivity contribution in [3.63, 3.8) is 0 Å². The molecule has 2 aromatic rings. The normalized spacial score (nSPS) is 18.3. The molecule has 1 amide bonds. The molecule has 1 aliphatic carbocycles. The zero-order valence-electron chi connectivity index (χ0n) is 15.0. The van der Waals surface area contributed by atoms with Gasteiger partial charge in [0.1, 0.15) is 10.7 Å². The van der Waals surface area contributed by atoms with Gasteiger partial charge in [-0.2, -0.15) is 0 Å². The average molecular weight is 393 g/mol. The molecular formula is C18H24N4O2S2. The minimum atomic E-state index is -0.0182. The third-order valence-corrected chi connectivity index (χ3v) is 7.31. The molecule has 2 aliphatic rings. The van der Waals surface area contributed by atoms with Gasteiger partial charge in [0.25, 0.3) is 5.56 Å². The molecule has 0 radical (unpaired) electrons. The molecule has 4 rings (SSSR count). The summed E-state index contributed by atoms with van der Waals surface area (Å²) in [4.78, 5) is 38.8. The van der Waals surface area contributed by atoms with E-state index in [-0.39, 0.29) is 11.5 Å². The summed E-state index contributed by atoms with van der Waals surface area (Å²) >= 11 is 3.20. The second-order valence-electron chi connectivity index (χ2n) is 7.08. The van der Waals surface area contributed by atoms with Gasteiger partial charge in [-0.05, 0) is 38.3 Å². The van der Waals surface area contributed by atoms with Crippen LogP contribution in [0, 0.1) is 0 Å². The van der Waals surface area contributed by atoms with Crippen molar-refractivity contribution in [2.24, 2.45) is 0 Å². The first kappa shape index (κ1) is 18.0. The summed E-state index contributed by atoms with van der Waals surface area (Å²) in [7, 11) is 2.08. The van der Waals surface area contributed by atoms with Crippen molar-refractivity contribution in [3.05, 3.63) is 26.6 Å². The molecule has 1 fully saturated rings. The van der Waals surface area contributed by atoms with Crippen molar-refractivity contribution in [2.45, 2.75) is 31.4 Å². The van der Waals surface area contributed by atoms with Crippen LogP contribution in [0.5, 0.6) is 0 Å². The number of carbonyl (C=O) groups is 1. The van der Waals surface area contributed by atoms with Crippen LogP contribution in [0.15, 0.2) is 4.79 Å². The Labute approximate surface area is 161 Å². The number of aryl methyl sites for hydroxylation is 2. The predicted octanol–water partition coefficient (Wildman–Crippen LogP) is 1.87. The Morgan fingerprint density at radius 3 is 2.81 bits per heavy atom. The molecule has 26 heavy (non-hydrogen) atoms. The topological polar surface area (TPSA) is 69.3 Å². The van der Waals surface area contributed by atoms with E-state index in [1.54, 1.807) is 11.3 Å². The molecule has 0 spiro atoms. The zero-order chi connectivity index (χ0) is 18.1. The Morgan fingerprint density at radius 1 is 1.23 bits per heavy atom. The number of carbonyl (C=O) groups excluding carboxylic acids is 1. The quantitative estimate of drug-likeness (QED) is 0.860. The summed E-state index contributed by atoms with van der Waals surface area (Å²) in [6, 6.07) is 0. The Bertz CT molecular complexity index is 868. The molecule has 8 heteroatoms. The number of thiophene rings is 1.